The second-order valence-electron chi connectivity index (χ2n) is 6.86. The molecular formula is C21H37IN4O2. The smallest absolute Gasteiger partial charge is 0.191 e. The van der Waals surface area contributed by atoms with E-state index in [0.29, 0.717) is 0 Å². The number of aryl methyl sites for hydroxylation is 1. The number of hydrogen-bond donors (Lipinski definition) is 2. The maximum absolute atomic E-state index is 5.77. The average Bonchev–Trinajstić information content (AvgIpc) is 2.70. The lowest BCUT2D eigenvalue weighted by molar-refractivity contribution is 0.0377. The van der Waals surface area contributed by atoms with E-state index < -0.39 is 0 Å². The fourth-order valence-electron chi connectivity index (χ4n) is 2.91. The molecule has 160 valence electrons. The predicted molar refractivity (Wildman–Crippen MR) is 127 cm³/mol. The molecule has 0 amide bonds. The van der Waals surface area contributed by atoms with Gasteiger partial charge in [0.2, 0.25) is 0 Å². The molecule has 1 heterocycles. The molecule has 2 N–H and O–H groups in total. The quantitative estimate of drug-likeness (QED) is 0.210. The minimum Gasteiger partial charge on any atom is -0.494 e. The highest BCUT2D eigenvalue weighted by Crippen LogP contribution is 2.11. The topological polar surface area (TPSA) is 58.1 Å². The van der Waals surface area contributed by atoms with Gasteiger partial charge in [-0.1, -0.05) is 17.7 Å². The Kier molecular flexibility index (Phi) is 14.1. The van der Waals surface area contributed by atoms with Crippen LogP contribution in [0.3, 0.4) is 0 Å². The summed E-state index contributed by atoms with van der Waals surface area (Å²) in [4.78, 5) is 7.13. The fraction of sp³-hybridized carbons (Fsp3) is 0.667. The van der Waals surface area contributed by atoms with Gasteiger partial charge in [-0.05, 0) is 45.2 Å². The third-order valence-electron chi connectivity index (χ3n) is 4.50. The second-order valence-corrected chi connectivity index (χ2v) is 6.86. The molecule has 0 radical (unpaired) electrons. The Labute approximate surface area is 187 Å². The first-order valence-corrected chi connectivity index (χ1v) is 10.3. The van der Waals surface area contributed by atoms with E-state index >= 15 is 0 Å². The summed E-state index contributed by atoms with van der Waals surface area (Å²) in [5.41, 5.74) is 1.26. The Morgan fingerprint density at radius 1 is 1.11 bits per heavy atom. The summed E-state index contributed by atoms with van der Waals surface area (Å²) in [6.07, 6.45) is 3.17. The van der Waals surface area contributed by atoms with Crippen LogP contribution < -0.4 is 15.4 Å². The molecule has 0 unspecified atom stereocenters. The van der Waals surface area contributed by atoms with E-state index in [4.69, 9.17) is 9.47 Å². The van der Waals surface area contributed by atoms with Gasteiger partial charge >= 0.3 is 0 Å². The van der Waals surface area contributed by atoms with Crippen LogP contribution in [0.4, 0.5) is 0 Å². The van der Waals surface area contributed by atoms with Gasteiger partial charge in [-0.3, -0.25) is 9.89 Å². The minimum absolute atomic E-state index is 0. The molecule has 0 saturated carbocycles. The fourth-order valence-corrected chi connectivity index (χ4v) is 2.91. The van der Waals surface area contributed by atoms with E-state index in [2.05, 4.69) is 46.5 Å². The van der Waals surface area contributed by atoms with Gasteiger partial charge in [-0.25, -0.2) is 0 Å². The van der Waals surface area contributed by atoms with Crippen molar-refractivity contribution in [2.75, 3.05) is 59.1 Å². The van der Waals surface area contributed by atoms with Crippen LogP contribution in [0.2, 0.25) is 0 Å². The molecule has 2 rings (SSSR count). The first-order chi connectivity index (χ1) is 13.3. The zero-order chi connectivity index (χ0) is 19.2. The summed E-state index contributed by atoms with van der Waals surface area (Å²) < 4.78 is 11.1. The summed E-state index contributed by atoms with van der Waals surface area (Å²) in [6.45, 7) is 12.5. The van der Waals surface area contributed by atoms with Crippen LogP contribution in [0.25, 0.3) is 0 Å². The van der Waals surface area contributed by atoms with Gasteiger partial charge in [-0.2, -0.15) is 0 Å². The predicted octanol–water partition coefficient (Wildman–Crippen LogP) is 3.05. The number of halogens is 1. The van der Waals surface area contributed by atoms with Gasteiger partial charge in [0.05, 0.1) is 19.8 Å². The number of morpholine rings is 1. The van der Waals surface area contributed by atoms with E-state index in [1.54, 1.807) is 0 Å². The van der Waals surface area contributed by atoms with E-state index in [0.717, 1.165) is 90.1 Å². The van der Waals surface area contributed by atoms with E-state index in [1.807, 2.05) is 12.1 Å². The van der Waals surface area contributed by atoms with Crippen molar-refractivity contribution in [2.24, 2.45) is 4.99 Å². The Morgan fingerprint density at radius 3 is 2.57 bits per heavy atom. The van der Waals surface area contributed by atoms with Gasteiger partial charge in [-0.15, -0.1) is 24.0 Å². The molecule has 28 heavy (non-hydrogen) atoms. The van der Waals surface area contributed by atoms with Crippen LogP contribution in [-0.2, 0) is 4.74 Å². The SMILES string of the molecule is CCNC(=NCCCN1CCOCC1)NCCCCOc1ccc(C)cc1.I. The highest BCUT2D eigenvalue weighted by atomic mass is 127. The highest BCUT2D eigenvalue weighted by molar-refractivity contribution is 14.0. The number of rotatable bonds is 11. The number of nitrogens with zero attached hydrogens (tertiary/aromatic N) is 2. The maximum atomic E-state index is 5.77. The summed E-state index contributed by atoms with van der Waals surface area (Å²) in [7, 11) is 0. The number of ether oxygens (including phenoxy) is 2. The molecule has 6 nitrogen and oxygen atoms in total. The van der Waals surface area contributed by atoms with Gasteiger partial charge in [0.15, 0.2) is 5.96 Å². The van der Waals surface area contributed by atoms with Crippen LogP contribution in [0.5, 0.6) is 5.75 Å². The summed E-state index contributed by atoms with van der Waals surface area (Å²) in [5, 5.41) is 6.73. The first kappa shape index (κ1) is 25.0. The van der Waals surface area contributed by atoms with Gasteiger partial charge < -0.3 is 20.1 Å². The van der Waals surface area contributed by atoms with Crippen molar-refractivity contribution in [2.45, 2.75) is 33.1 Å². The molecule has 1 fully saturated rings. The van der Waals surface area contributed by atoms with Gasteiger partial charge in [0.25, 0.3) is 0 Å². The molecule has 1 saturated heterocycles. The van der Waals surface area contributed by atoms with Crippen molar-refractivity contribution in [1.29, 1.82) is 0 Å². The van der Waals surface area contributed by atoms with Crippen LogP contribution in [-0.4, -0.2) is 69.9 Å². The molecule has 0 atom stereocenters. The summed E-state index contributed by atoms with van der Waals surface area (Å²) in [6, 6.07) is 8.21. The Balaban J connectivity index is 0.00000392. The van der Waals surface area contributed by atoms with Gasteiger partial charge in [0.1, 0.15) is 5.75 Å². The van der Waals surface area contributed by atoms with Gasteiger partial charge in [0, 0.05) is 39.3 Å². The number of benzene rings is 1. The molecule has 0 aromatic heterocycles. The molecule has 1 aliphatic heterocycles. The van der Waals surface area contributed by atoms with Crippen molar-refractivity contribution in [1.82, 2.24) is 15.5 Å². The lowest BCUT2D eigenvalue weighted by atomic mass is 10.2. The number of guanidine groups is 1. The first-order valence-electron chi connectivity index (χ1n) is 10.3. The van der Waals surface area contributed by atoms with Crippen molar-refractivity contribution >= 4 is 29.9 Å². The molecule has 1 aromatic rings. The average molecular weight is 504 g/mol. The van der Waals surface area contributed by atoms with E-state index in [-0.39, 0.29) is 24.0 Å². The minimum atomic E-state index is 0. The molecule has 0 bridgehead atoms. The maximum Gasteiger partial charge on any atom is 0.191 e. The molecule has 0 aliphatic carbocycles. The zero-order valence-corrected chi connectivity index (χ0v) is 19.7. The number of nitrogens with one attached hydrogen (secondary N) is 2. The molecule has 0 spiro atoms. The van der Waals surface area contributed by atoms with Crippen molar-refractivity contribution in [3.05, 3.63) is 29.8 Å². The highest BCUT2D eigenvalue weighted by Gasteiger charge is 2.08. The lowest BCUT2D eigenvalue weighted by Crippen LogP contribution is -2.38. The van der Waals surface area contributed by atoms with Crippen LogP contribution in [0.1, 0.15) is 31.7 Å². The number of hydrogen-bond acceptors (Lipinski definition) is 4. The summed E-state index contributed by atoms with van der Waals surface area (Å²) in [5.74, 6) is 1.86. The number of aliphatic imine (C=N–C) groups is 1. The molecular weight excluding hydrogens is 467 g/mol. The Bertz CT molecular complexity index is 534. The van der Waals surface area contributed by atoms with Crippen LogP contribution >= 0.6 is 24.0 Å². The zero-order valence-electron chi connectivity index (χ0n) is 17.4. The molecule has 7 heteroatoms. The molecule has 1 aliphatic rings. The van der Waals surface area contributed by atoms with Crippen molar-refractivity contribution < 1.29 is 9.47 Å². The van der Waals surface area contributed by atoms with E-state index in [1.165, 1.54) is 5.56 Å². The monoisotopic (exact) mass is 504 g/mol. The standard InChI is InChI=1S/C21H36N4O2.HI/c1-3-22-21(24-12-6-13-25-14-17-26-18-15-25)23-11-4-5-16-27-20-9-7-19(2)8-10-20;/h7-10H,3-6,11-18H2,1-2H3,(H2,22,23,24);1H. The Morgan fingerprint density at radius 2 is 1.86 bits per heavy atom. The van der Waals surface area contributed by atoms with Crippen molar-refractivity contribution in [3.63, 3.8) is 0 Å². The second kappa shape index (κ2) is 15.8. The third kappa shape index (κ3) is 11.1. The molecule has 1 aromatic carbocycles. The van der Waals surface area contributed by atoms with E-state index in [9.17, 15) is 0 Å². The van der Waals surface area contributed by atoms with Crippen molar-refractivity contribution in [3.8, 4) is 5.75 Å². The normalized spacial score (nSPS) is 15.0. The summed E-state index contributed by atoms with van der Waals surface area (Å²) >= 11 is 0. The van der Waals surface area contributed by atoms with Crippen LogP contribution in [0, 0.1) is 6.92 Å². The number of unbranched alkanes of at least 4 members (excludes halogenated alkanes) is 1. The van der Waals surface area contributed by atoms with Crippen LogP contribution in [0.15, 0.2) is 29.3 Å². The third-order valence-corrected chi connectivity index (χ3v) is 4.50. The Hall–Kier alpha value is -1.06. The lowest BCUT2D eigenvalue weighted by Gasteiger charge is -2.26. The largest absolute Gasteiger partial charge is 0.494 e.